The standard InChI is InChI=1S/C23H19N3O4/c1-25-21-18(22(28)26(2)23(25)29)16(12-8-10-13(30-3)11-9-12)17-19(24-21)14-6-4-5-7-15(14)20(17)27/h4-11,16,24H,1-3H3/t16-/m1/s1. The van der Waals surface area contributed by atoms with E-state index in [0.717, 1.165) is 15.7 Å². The predicted molar refractivity (Wildman–Crippen MR) is 113 cm³/mol. The van der Waals surface area contributed by atoms with Crippen molar-refractivity contribution in [2.75, 3.05) is 12.4 Å². The molecule has 150 valence electrons. The Morgan fingerprint density at radius 3 is 2.23 bits per heavy atom. The maximum absolute atomic E-state index is 13.4. The first kappa shape index (κ1) is 18.2. The van der Waals surface area contributed by atoms with Gasteiger partial charge in [-0.2, -0.15) is 0 Å². The van der Waals surface area contributed by atoms with Crippen LogP contribution in [0.25, 0.3) is 5.70 Å². The molecule has 0 spiro atoms. The van der Waals surface area contributed by atoms with Gasteiger partial charge < -0.3 is 10.1 Å². The van der Waals surface area contributed by atoms with Crippen molar-refractivity contribution >= 4 is 17.3 Å². The molecule has 0 bridgehead atoms. The largest absolute Gasteiger partial charge is 0.497 e. The molecule has 1 aromatic heterocycles. The average molecular weight is 401 g/mol. The number of carbonyl (C=O) groups excluding carboxylic acids is 1. The summed E-state index contributed by atoms with van der Waals surface area (Å²) in [5, 5.41) is 3.23. The first-order chi connectivity index (χ1) is 14.4. The Kier molecular flexibility index (Phi) is 3.83. The Balaban J connectivity index is 1.86. The molecular formula is C23H19N3O4. The number of aromatic nitrogens is 2. The van der Waals surface area contributed by atoms with Gasteiger partial charge in [-0.05, 0) is 17.7 Å². The highest BCUT2D eigenvalue weighted by atomic mass is 16.5. The lowest BCUT2D eigenvalue weighted by Crippen LogP contribution is -2.42. The Morgan fingerprint density at radius 1 is 0.900 bits per heavy atom. The van der Waals surface area contributed by atoms with E-state index in [2.05, 4.69) is 5.32 Å². The number of fused-ring (bicyclic) bond motifs is 3. The molecular weight excluding hydrogens is 382 g/mol. The number of hydrogen-bond donors (Lipinski definition) is 1. The second-order valence-electron chi connectivity index (χ2n) is 7.46. The van der Waals surface area contributed by atoms with Gasteiger partial charge in [-0.15, -0.1) is 0 Å². The molecule has 1 atom stereocenters. The van der Waals surface area contributed by atoms with Gasteiger partial charge in [0.05, 0.1) is 18.4 Å². The second-order valence-corrected chi connectivity index (χ2v) is 7.46. The fraction of sp³-hybridized carbons (Fsp3) is 0.174. The molecule has 0 unspecified atom stereocenters. The van der Waals surface area contributed by atoms with E-state index in [4.69, 9.17) is 4.74 Å². The van der Waals surface area contributed by atoms with Gasteiger partial charge in [-0.3, -0.25) is 18.7 Å². The van der Waals surface area contributed by atoms with Crippen molar-refractivity contribution < 1.29 is 9.53 Å². The molecule has 2 heterocycles. The van der Waals surface area contributed by atoms with Crippen molar-refractivity contribution in [2.45, 2.75) is 5.92 Å². The molecule has 1 aliphatic carbocycles. The molecule has 2 aromatic carbocycles. The molecule has 3 aromatic rings. The first-order valence-corrected chi connectivity index (χ1v) is 9.53. The van der Waals surface area contributed by atoms with Gasteiger partial charge in [0.2, 0.25) is 0 Å². The number of nitrogens with one attached hydrogen (secondary N) is 1. The number of Topliss-reactive ketones (excluding diaryl/α,β-unsaturated/α-hetero) is 1. The summed E-state index contributed by atoms with van der Waals surface area (Å²) < 4.78 is 7.76. The Morgan fingerprint density at radius 2 is 1.57 bits per heavy atom. The zero-order valence-electron chi connectivity index (χ0n) is 16.7. The third kappa shape index (κ3) is 2.29. The van der Waals surface area contributed by atoms with Crippen LogP contribution in [0, 0.1) is 0 Å². The van der Waals surface area contributed by atoms with Crippen molar-refractivity contribution in [3.05, 3.63) is 97.2 Å². The molecule has 0 fully saturated rings. The highest BCUT2D eigenvalue weighted by Gasteiger charge is 2.42. The molecule has 0 saturated carbocycles. The minimum Gasteiger partial charge on any atom is -0.497 e. The SMILES string of the molecule is COc1ccc([C@@H]2C3=C(Nc4c2c(=O)n(C)c(=O)n4C)c2ccccc2C3=O)cc1. The van der Waals surface area contributed by atoms with Crippen LogP contribution in [0.5, 0.6) is 5.75 Å². The lowest BCUT2D eigenvalue weighted by Gasteiger charge is -2.29. The number of allylic oxidation sites excluding steroid dienone is 1. The molecule has 1 aliphatic heterocycles. The number of hydrogen-bond acceptors (Lipinski definition) is 5. The van der Waals surface area contributed by atoms with Crippen LogP contribution >= 0.6 is 0 Å². The summed E-state index contributed by atoms with van der Waals surface area (Å²) in [6.45, 7) is 0. The number of ether oxygens (including phenoxy) is 1. The molecule has 0 saturated heterocycles. The molecule has 30 heavy (non-hydrogen) atoms. The Labute approximate surface area is 171 Å². The van der Waals surface area contributed by atoms with E-state index >= 15 is 0 Å². The van der Waals surface area contributed by atoms with E-state index in [9.17, 15) is 14.4 Å². The zero-order chi connectivity index (χ0) is 21.2. The van der Waals surface area contributed by atoms with Gasteiger partial charge in [-0.1, -0.05) is 36.4 Å². The van der Waals surface area contributed by atoms with Gasteiger partial charge in [0.1, 0.15) is 11.6 Å². The van der Waals surface area contributed by atoms with Crippen LogP contribution in [0.2, 0.25) is 0 Å². The number of nitrogens with zero attached hydrogens (tertiary/aromatic N) is 2. The van der Waals surface area contributed by atoms with Crippen LogP contribution in [-0.4, -0.2) is 22.0 Å². The third-order valence-electron chi connectivity index (χ3n) is 5.92. The Bertz CT molecular complexity index is 1380. The van der Waals surface area contributed by atoms with Crippen LogP contribution in [-0.2, 0) is 14.1 Å². The van der Waals surface area contributed by atoms with E-state index in [1.54, 1.807) is 32.4 Å². The fourth-order valence-electron chi connectivity index (χ4n) is 4.39. The maximum atomic E-state index is 13.4. The fourth-order valence-corrected chi connectivity index (χ4v) is 4.39. The van der Waals surface area contributed by atoms with Crippen LogP contribution < -0.4 is 21.3 Å². The summed E-state index contributed by atoms with van der Waals surface area (Å²) in [5.74, 6) is 0.367. The van der Waals surface area contributed by atoms with Gasteiger partial charge in [0.25, 0.3) is 5.56 Å². The van der Waals surface area contributed by atoms with Crippen LogP contribution in [0.3, 0.4) is 0 Å². The Hall–Kier alpha value is -3.87. The van der Waals surface area contributed by atoms with Crippen molar-refractivity contribution in [3.8, 4) is 5.75 Å². The van der Waals surface area contributed by atoms with Crippen LogP contribution in [0.15, 0.2) is 63.7 Å². The average Bonchev–Trinajstić information content (AvgIpc) is 3.07. The molecule has 1 N–H and O–H groups in total. The smallest absolute Gasteiger partial charge is 0.332 e. The summed E-state index contributed by atoms with van der Waals surface area (Å²) in [6.07, 6.45) is 0. The number of benzene rings is 2. The van der Waals surface area contributed by atoms with Gasteiger partial charge in [0, 0.05) is 36.7 Å². The topological polar surface area (TPSA) is 82.3 Å². The molecule has 7 heteroatoms. The molecule has 0 radical (unpaired) electrons. The maximum Gasteiger partial charge on any atom is 0.332 e. The summed E-state index contributed by atoms with van der Waals surface area (Å²) >= 11 is 0. The predicted octanol–water partition coefficient (Wildman–Crippen LogP) is 2.26. The molecule has 0 amide bonds. The summed E-state index contributed by atoms with van der Waals surface area (Å²) in [4.78, 5) is 39.2. The number of methoxy groups -OCH3 is 1. The summed E-state index contributed by atoms with van der Waals surface area (Å²) in [5.41, 5.74) is 2.83. The van der Waals surface area contributed by atoms with Gasteiger partial charge in [0.15, 0.2) is 5.78 Å². The normalized spacial score (nSPS) is 16.6. The zero-order valence-corrected chi connectivity index (χ0v) is 16.7. The van der Waals surface area contributed by atoms with E-state index in [0.29, 0.717) is 34.0 Å². The van der Waals surface area contributed by atoms with Crippen molar-refractivity contribution in [3.63, 3.8) is 0 Å². The highest BCUT2D eigenvalue weighted by Crippen LogP contribution is 2.47. The van der Waals surface area contributed by atoms with Crippen molar-refractivity contribution in [2.24, 2.45) is 14.1 Å². The van der Waals surface area contributed by atoms with E-state index in [1.807, 2.05) is 30.3 Å². The third-order valence-corrected chi connectivity index (χ3v) is 5.92. The van der Waals surface area contributed by atoms with E-state index in [1.165, 1.54) is 11.6 Å². The second kappa shape index (κ2) is 6.32. The number of rotatable bonds is 2. The lowest BCUT2D eigenvalue weighted by atomic mass is 9.81. The lowest BCUT2D eigenvalue weighted by molar-refractivity contribution is 0.103. The molecule has 2 aliphatic rings. The van der Waals surface area contributed by atoms with Crippen molar-refractivity contribution in [1.29, 1.82) is 0 Å². The summed E-state index contributed by atoms with van der Waals surface area (Å²) in [6, 6.07) is 14.6. The monoisotopic (exact) mass is 401 g/mol. The number of anilines is 1. The molecule has 7 nitrogen and oxygen atoms in total. The minimum atomic E-state index is -0.604. The van der Waals surface area contributed by atoms with Crippen molar-refractivity contribution in [1.82, 2.24) is 9.13 Å². The van der Waals surface area contributed by atoms with E-state index < -0.39 is 17.2 Å². The van der Waals surface area contributed by atoms with E-state index in [-0.39, 0.29) is 5.78 Å². The molecule has 5 rings (SSSR count). The first-order valence-electron chi connectivity index (χ1n) is 9.53. The van der Waals surface area contributed by atoms with Crippen LogP contribution in [0.4, 0.5) is 5.82 Å². The number of ketones is 1. The quantitative estimate of drug-likeness (QED) is 0.712. The van der Waals surface area contributed by atoms with Crippen LogP contribution in [0.1, 0.15) is 33.0 Å². The number of carbonyl (C=O) groups is 1. The minimum absolute atomic E-state index is 0.115. The van der Waals surface area contributed by atoms with Gasteiger partial charge in [-0.25, -0.2) is 4.79 Å². The highest BCUT2D eigenvalue weighted by molar-refractivity contribution is 6.23. The van der Waals surface area contributed by atoms with Gasteiger partial charge >= 0.3 is 5.69 Å². The summed E-state index contributed by atoms with van der Waals surface area (Å²) in [7, 11) is 4.65.